The number of para-hydroxylation sites is 1. The van der Waals surface area contributed by atoms with Gasteiger partial charge in [0.15, 0.2) is 0 Å². The van der Waals surface area contributed by atoms with Crippen LogP contribution in [-0.4, -0.2) is 20.4 Å². The number of thiazole rings is 1. The topological polar surface area (TPSA) is 76.9 Å². The number of fused-ring (bicyclic) bond motifs is 2. The molecule has 1 aliphatic carbocycles. The minimum atomic E-state index is -0.199. The van der Waals surface area contributed by atoms with E-state index in [0.29, 0.717) is 10.9 Å². The molecule has 0 saturated heterocycles. The number of nitrogens with zero attached hydrogens (tertiary/aromatic N) is 3. The van der Waals surface area contributed by atoms with Crippen molar-refractivity contribution in [3.63, 3.8) is 0 Å². The number of amides is 1. The predicted octanol–water partition coefficient (Wildman–Crippen LogP) is 2.36. The van der Waals surface area contributed by atoms with Crippen LogP contribution >= 0.6 is 11.3 Å². The SMILES string of the molecule is Cc1nc2c(s1)CCC[C@H]2NC(=O)Cn1cnc2ccccc2c1=O. The van der Waals surface area contributed by atoms with Crippen LogP contribution in [0, 0.1) is 6.92 Å². The third-order valence-electron chi connectivity index (χ3n) is 4.44. The average molecular weight is 354 g/mol. The molecule has 0 fully saturated rings. The Morgan fingerprint density at radius 3 is 3.12 bits per heavy atom. The summed E-state index contributed by atoms with van der Waals surface area (Å²) in [7, 11) is 0. The van der Waals surface area contributed by atoms with Gasteiger partial charge in [0.05, 0.1) is 34.0 Å². The minimum Gasteiger partial charge on any atom is -0.346 e. The van der Waals surface area contributed by atoms with Crippen molar-refractivity contribution in [2.45, 2.75) is 38.8 Å². The summed E-state index contributed by atoms with van der Waals surface area (Å²) in [6.07, 6.45) is 4.38. The van der Waals surface area contributed by atoms with Crippen LogP contribution in [0.5, 0.6) is 0 Å². The summed E-state index contributed by atoms with van der Waals surface area (Å²) in [5.74, 6) is -0.192. The highest BCUT2D eigenvalue weighted by atomic mass is 32.1. The van der Waals surface area contributed by atoms with Crippen molar-refractivity contribution < 1.29 is 4.79 Å². The smallest absolute Gasteiger partial charge is 0.261 e. The number of aryl methyl sites for hydroxylation is 2. The Hall–Kier alpha value is -2.54. The zero-order valence-corrected chi connectivity index (χ0v) is 14.7. The van der Waals surface area contributed by atoms with E-state index in [-0.39, 0.29) is 24.1 Å². The second kappa shape index (κ2) is 6.40. The molecule has 3 aromatic rings. The van der Waals surface area contributed by atoms with Crippen molar-refractivity contribution in [2.75, 3.05) is 0 Å². The molecule has 6 nitrogen and oxygen atoms in total. The van der Waals surface area contributed by atoms with Crippen molar-refractivity contribution >= 4 is 28.1 Å². The highest BCUT2D eigenvalue weighted by Gasteiger charge is 2.25. The Labute approximate surface area is 148 Å². The number of carbonyl (C=O) groups excluding carboxylic acids is 1. The van der Waals surface area contributed by atoms with Crippen molar-refractivity contribution in [2.24, 2.45) is 0 Å². The second-order valence-electron chi connectivity index (χ2n) is 6.25. The molecule has 0 saturated carbocycles. The van der Waals surface area contributed by atoms with Crippen molar-refractivity contribution in [1.29, 1.82) is 0 Å². The lowest BCUT2D eigenvalue weighted by Gasteiger charge is -2.22. The molecule has 1 amide bonds. The van der Waals surface area contributed by atoms with Crippen LogP contribution in [-0.2, 0) is 17.8 Å². The number of hydrogen-bond acceptors (Lipinski definition) is 5. The van der Waals surface area contributed by atoms with Crippen molar-refractivity contribution in [3.8, 4) is 0 Å². The maximum absolute atomic E-state index is 12.5. The van der Waals surface area contributed by atoms with E-state index in [1.54, 1.807) is 29.5 Å². The lowest BCUT2D eigenvalue weighted by Crippen LogP contribution is -2.36. The first-order valence-corrected chi connectivity index (χ1v) is 9.13. The molecule has 2 aromatic heterocycles. The summed E-state index contributed by atoms with van der Waals surface area (Å²) in [5.41, 5.74) is 1.43. The summed E-state index contributed by atoms with van der Waals surface area (Å²) < 4.78 is 1.35. The maximum atomic E-state index is 12.5. The van der Waals surface area contributed by atoms with Gasteiger partial charge in [-0.2, -0.15) is 0 Å². The van der Waals surface area contributed by atoms with E-state index in [9.17, 15) is 9.59 Å². The molecular weight excluding hydrogens is 336 g/mol. The van der Waals surface area contributed by atoms with Gasteiger partial charge in [-0.3, -0.25) is 14.2 Å². The first-order chi connectivity index (χ1) is 12.1. The van der Waals surface area contributed by atoms with Crippen molar-refractivity contribution in [1.82, 2.24) is 19.9 Å². The Morgan fingerprint density at radius 1 is 1.40 bits per heavy atom. The number of benzene rings is 1. The normalized spacial score (nSPS) is 16.6. The zero-order valence-electron chi connectivity index (χ0n) is 13.9. The lowest BCUT2D eigenvalue weighted by molar-refractivity contribution is -0.122. The van der Waals surface area contributed by atoms with E-state index in [1.807, 2.05) is 13.0 Å². The third-order valence-corrected chi connectivity index (χ3v) is 5.49. The molecule has 0 spiro atoms. The van der Waals surface area contributed by atoms with Crippen LogP contribution in [0.2, 0.25) is 0 Å². The zero-order chi connectivity index (χ0) is 17.4. The van der Waals surface area contributed by atoms with Gasteiger partial charge < -0.3 is 5.32 Å². The van der Waals surface area contributed by atoms with Crippen LogP contribution in [0.15, 0.2) is 35.4 Å². The first-order valence-electron chi connectivity index (χ1n) is 8.31. The largest absolute Gasteiger partial charge is 0.346 e. The van der Waals surface area contributed by atoms with Crippen LogP contribution in [0.3, 0.4) is 0 Å². The maximum Gasteiger partial charge on any atom is 0.261 e. The number of rotatable bonds is 3. The molecule has 0 radical (unpaired) electrons. The van der Waals surface area contributed by atoms with Gasteiger partial charge in [-0.1, -0.05) is 12.1 Å². The molecule has 0 unspecified atom stereocenters. The van der Waals surface area contributed by atoms with Gasteiger partial charge in [-0.05, 0) is 38.3 Å². The standard InChI is InChI=1S/C18H18N4O2S/c1-11-20-17-14(7-4-8-15(17)25-11)21-16(23)9-22-10-19-13-6-3-2-5-12(13)18(22)24/h2-3,5-6,10,14H,4,7-9H2,1H3,(H,21,23)/t14-/m1/s1. The summed E-state index contributed by atoms with van der Waals surface area (Å²) >= 11 is 1.70. The van der Waals surface area contributed by atoms with Crippen LogP contribution in [0.25, 0.3) is 10.9 Å². The number of aromatic nitrogens is 3. The van der Waals surface area contributed by atoms with Gasteiger partial charge in [0.25, 0.3) is 5.56 Å². The molecule has 1 N–H and O–H groups in total. The van der Waals surface area contributed by atoms with Gasteiger partial charge in [0, 0.05) is 4.88 Å². The van der Waals surface area contributed by atoms with E-state index >= 15 is 0 Å². The van der Waals surface area contributed by atoms with Crippen LogP contribution in [0.4, 0.5) is 0 Å². The molecule has 1 aliphatic rings. The molecular formula is C18H18N4O2S. The Morgan fingerprint density at radius 2 is 2.24 bits per heavy atom. The Kier molecular flexibility index (Phi) is 4.09. The van der Waals surface area contributed by atoms with E-state index < -0.39 is 0 Å². The molecule has 25 heavy (non-hydrogen) atoms. The summed E-state index contributed by atoms with van der Waals surface area (Å²) in [6.45, 7) is 1.95. The first kappa shape index (κ1) is 16.0. The fourth-order valence-corrected chi connectivity index (χ4v) is 4.33. The molecule has 0 aliphatic heterocycles. The molecule has 2 heterocycles. The van der Waals surface area contributed by atoms with Gasteiger partial charge >= 0.3 is 0 Å². The van der Waals surface area contributed by atoms with Gasteiger partial charge in [-0.25, -0.2) is 9.97 Å². The number of hydrogen-bond donors (Lipinski definition) is 1. The quantitative estimate of drug-likeness (QED) is 0.783. The fourth-order valence-electron chi connectivity index (χ4n) is 3.29. The van der Waals surface area contributed by atoms with Gasteiger partial charge in [0.1, 0.15) is 6.54 Å². The van der Waals surface area contributed by atoms with E-state index in [2.05, 4.69) is 15.3 Å². The summed E-state index contributed by atoms with van der Waals surface area (Å²) in [6, 6.07) is 7.08. The molecule has 0 bridgehead atoms. The lowest BCUT2D eigenvalue weighted by atomic mass is 9.97. The molecule has 128 valence electrons. The highest BCUT2D eigenvalue weighted by Crippen LogP contribution is 2.32. The number of carbonyl (C=O) groups is 1. The molecule has 1 aromatic carbocycles. The monoisotopic (exact) mass is 354 g/mol. The third kappa shape index (κ3) is 3.07. The predicted molar refractivity (Wildman–Crippen MR) is 96.7 cm³/mol. The fraction of sp³-hybridized carbons (Fsp3) is 0.333. The summed E-state index contributed by atoms with van der Waals surface area (Å²) in [5, 5.41) is 4.58. The summed E-state index contributed by atoms with van der Waals surface area (Å²) in [4.78, 5) is 35.0. The van der Waals surface area contributed by atoms with Gasteiger partial charge in [0.2, 0.25) is 5.91 Å². The van der Waals surface area contributed by atoms with Crippen LogP contribution < -0.4 is 10.9 Å². The minimum absolute atomic E-state index is 0.0361. The highest BCUT2D eigenvalue weighted by molar-refractivity contribution is 7.11. The van der Waals surface area contributed by atoms with Gasteiger partial charge in [-0.15, -0.1) is 11.3 Å². The molecule has 4 rings (SSSR count). The average Bonchev–Trinajstić information content (AvgIpc) is 2.99. The molecule has 1 atom stereocenters. The number of nitrogens with one attached hydrogen (secondary N) is 1. The van der Waals surface area contributed by atoms with E-state index in [0.717, 1.165) is 30.0 Å². The van der Waals surface area contributed by atoms with E-state index in [1.165, 1.54) is 15.8 Å². The van der Waals surface area contributed by atoms with Crippen LogP contribution in [0.1, 0.15) is 34.5 Å². The Balaban J connectivity index is 1.54. The van der Waals surface area contributed by atoms with E-state index in [4.69, 9.17) is 0 Å². The Bertz CT molecular complexity index is 1010. The molecule has 7 heteroatoms. The second-order valence-corrected chi connectivity index (χ2v) is 7.54. The van der Waals surface area contributed by atoms with Crippen molar-refractivity contribution in [3.05, 3.63) is 56.5 Å².